The third-order valence-electron chi connectivity index (χ3n) is 3.03. The molecule has 2 amide bonds. The molecular weight excluding hydrogens is 288 g/mol. The highest BCUT2D eigenvalue weighted by Crippen LogP contribution is 2.17. The van der Waals surface area contributed by atoms with Crippen LogP contribution in [-0.4, -0.2) is 42.5 Å². The summed E-state index contributed by atoms with van der Waals surface area (Å²) in [7, 11) is 3.72. The maximum absolute atomic E-state index is 11.8. The number of nitrogens with zero attached hydrogens (tertiary/aromatic N) is 2. The van der Waals surface area contributed by atoms with Crippen molar-refractivity contribution < 1.29 is 18.5 Å². The Morgan fingerprint density at radius 2 is 2.14 bits per heavy atom. The lowest BCUT2D eigenvalue weighted by molar-refractivity contribution is -0.136. The highest BCUT2D eigenvalue weighted by atomic mass is 16.5. The monoisotopic (exact) mass is 306 g/mol. The van der Waals surface area contributed by atoms with Gasteiger partial charge >= 0.3 is 11.8 Å². The van der Waals surface area contributed by atoms with Crippen molar-refractivity contribution in [2.75, 3.05) is 26.0 Å². The first-order valence-corrected chi connectivity index (χ1v) is 6.69. The molecule has 0 saturated heterocycles. The fourth-order valence-corrected chi connectivity index (χ4v) is 1.89. The number of likely N-dealkylation sites (N-methyl/N-ethyl adjacent to an activating group) is 1. The third-order valence-corrected chi connectivity index (χ3v) is 3.03. The third kappa shape index (κ3) is 3.95. The predicted octanol–water partition coefficient (Wildman–Crippen LogP) is 0.934. The van der Waals surface area contributed by atoms with Gasteiger partial charge in [-0.15, -0.1) is 0 Å². The SMILES string of the molecule is Cc1cc(NC(=O)C(=O)NC[C@H](c2ccco2)N(C)C)no1. The number of carbonyl (C=O) groups excluding carboxylic acids is 2. The number of aryl methyl sites for hydroxylation is 1. The Hall–Kier alpha value is -2.61. The second-order valence-electron chi connectivity index (χ2n) is 4.98. The van der Waals surface area contributed by atoms with Crippen LogP contribution in [0.4, 0.5) is 5.82 Å². The zero-order chi connectivity index (χ0) is 16.1. The van der Waals surface area contributed by atoms with Crippen LogP contribution in [0, 0.1) is 6.92 Å². The Morgan fingerprint density at radius 1 is 1.36 bits per heavy atom. The molecule has 0 spiro atoms. The van der Waals surface area contributed by atoms with Crippen LogP contribution in [0.3, 0.4) is 0 Å². The highest BCUT2D eigenvalue weighted by Gasteiger charge is 2.21. The van der Waals surface area contributed by atoms with Gasteiger partial charge in [0.2, 0.25) is 0 Å². The smallest absolute Gasteiger partial charge is 0.314 e. The summed E-state index contributed by atoms with van der Waals surface area (Å²) < 4.78 is 10.1. The fourth-order valence-electron chi connectivity index (χ4n) is 1.89. The minimum absolute atomic E-state index is 0.166. The van der Waals surface area contributed by atoms with Gasteiger partial charge in [-0.3, -0.25) is 19.8 Å². The summed E-state index contributed by atoms with van der Waals surface area (Å²) in [5.74, 6) is -0.101. The number of rotatable bonds is 5. The molecule has 0 aliphatic rings. The molecule has 2 rings (SSSR count). The number of carbonyl (C=O) groups is 2. The van der Waals surface area contributed by atoms with Gasteiger partial charge in [0.25, 0.3) is 0 Å². The highest BCUT2D eigenvalue weighted by molar-refractivity contribution is 6.39. The molecular formula is C14H18N4O4. The van der Waals surface area contributed by atoms with Gasteiger partial charge < -0.3 is 14.3 Å². The second kappa shape index (κ2) is 6.90. The first-order chi connectivity index (χ1) is 10.5. The summed E-state index contributed by atoms with van der Waals surface area (Å²) in [6, 6.07) is 4.94. The molecule has 0 bridgehead atoms. The van der Waals surface area contributed by atoms with Crippen LogP contribution < -0.4 is 10.6 Å². The molecule has 0 aliphatic heterocycles. The van der Waals surface area contributed by atoms with Crippen LogP contribution in [0.25, 0.3) is 0 Å². The Balaban J connectivity index is 1.89. The molecule has 0 saturated carbocycles. The zero-order valence-electron chi connectivity index (χ0n) is 12.6. The molecule has 8 nitrogen and oxygen atoms in total. The number of hydrogen-bond acceptors (Lipinski definition) is 6. The van der Waals surface area contributed by atoms with E-state index in [1.807, 2.05) is 25.1 Å². The van der Waals surface area contributed by atoms with E-state index in [1.165, 1.54) is 6.07 Å². The largest absolute Gasteiger partial charge is 0.468 e. The van der Waals surface area contributed by atoms with E-state index in [0.717, 1.165) is 0 Å². The van der Waals surface area contributed by atoms with Gasteiger partial charge in [0.05, 0.1) is 12.3 Å². The van der Waals surface area contributed by atoms with E-state index in [-0.39, 0.29) is 18.4 Å². The van der Waals surface area contributed by atoms with E-state index >= 15 is 0 Å². The topological polar surface area (TPSA) is 101 Å². The van der Waals surface area contributed by atoms with Crippen molar-refractivity contribution in [3.8, 4) is 0 Å². The number of anilines is 1. The lowest BCUT2D eigenvalue weighted by atomic mass is 10.2. The maximum atomic E-state index is 11.8. The minimum atomic E-state index is -0.801. The molecule has 2 aromatic rings. The Kier molecular flexibility index (Phi) is 4.95. The first kappa shape index (κ1) is 15.8. The van der Waals surface area contributed by atoms with E-state index in [9.17, 15) is 9.59 Å². The van der Waals surface area contributed by atoms with Gasteiger partial charge in [-0.05, 0) is 33.2 Å². The molecule has 0 aromatic carbocycles. The second-order valence-corrected chi connectivity index (χ2v) is 4.98. The molecule has 1 atom stereocenters. The van der Waals surface area contributed by atoms with Crippen molar-refractivity contribution in [3.05, 3.63) is 36.0 Å². The summed E-state index contributed by atoms with van der Waals surface area (Å²) in [4.78, 5) is 25.5. The van der Waals surface area contributed by atoms with Gasteiger partial charge in [-0.1, -0.05) is 5.16 Å². The van der Waals surface area contributed by atoms with Crippen molar-refractivity contribution >= 4 is 17.6 Å². The Bertz CT molecular complexity index is 633. The number of hydrogen-bond donors (Lipinski definition) is 2. The number of furan rings is 1. The molecule has 2 N–H and O–H groups in total. The van der Waals surface area contributed by atoms with Crippen molar-refractivity contribution in [2.24, 2.45) is 0 Å². The molecule has 8 heteroatoms. The normalized spacial score (nSPS) is 12.2. The average Bonchev–Trinajstić information content (AvgIpc) is 3.10. The summed E-state index contributed by atoms with van der Waals surface area (Å²) in [5.41, 5.74) is 0. The van der Waals surface area contributed by atoms with E-state index in [0.29, 0.717) is 11.5 Å². The van der Waals surface area contributed by atoms with Crippen LogP contribution in [0.15, 0.2) is 33.4 Å². The molecule has 2 aromatic heterocycles. The van der Waals surface area contributed by atoms with E-state index in [1.54, 1.807) is 19.3 Å². The summed E-state index contributed by atoms with van der Waals surface area (Å²) in [5, 5.41) is 8.52. The van der Waals surface area contributed by atoms with E-state index in [4.69, 9.17) is 8.94 Å². The minimum Gasteiger partial charge on any atom is -0.468 e. The summed E-state index contributed by atoms with van der Waals surface area (Å²) in [6.07, 6.45) is 1.56. The molecule has 22 heavy (non-hydrogen) atoms. The van der Waals surface area contributed by atoms with Crippen LogP contribution >= 0.6 is 0 Å². The van der Waals surface area contributed by atoms with Crippen molar-refractivity contribution in [2.45, 2.75) is 13.0 Å². The summed E-state index contributed by atoms with van der Waals surface area (Å²) in [6.45, 7) is 1.93. The lowest BCUT2D eigenvalue weighted by Crippen LogP contribution is -2.40. The summed E-state index contributed by atoms with van der Waals surface area (Å²) >= 11 is 0. The number of amides is 2. The van der Waals surface area contributed by atoms with Gasteiger partial charge in [-0.25, -0.2) is 0 Å². The Morgan fingerprint density at radius 3 is 2.68 bits per heavy atom. The van der Waals surface area contributed by atoms with Crippen LogP contribution in [0.2, 0.25) is 0 Å². The van der Waals surface area contributed by atoms with Crippen LogP contribution in [-0.2, 0) is 9.59 Å². The average molecular weight is 306 g/mol. The van der Waals surface area contributed by atoms with Gasteiger partial charge in [0.1, 0.15) is 11.5 Å². The fraction of sp³-hybridized carbons (Fsp3) is 0.357. The Labute approximate surface area is 127 Å². The predicted molar refractivity (Wildman–Crippen MR) is 78.0 cm³/mol. The van der Waals surface area contributed by atoms with Crippen molar-refractivity contribution in [3.63, 3.8) is 0 Å². The lowest BCUT2D eigenvalue weighted by Gasteiger charge is -2.22. The van der Waals surface area contributed by atoms with Gasteiger partial charge in [-0.2, -0.15) is 0 Å². The molecule has 0 fully saturated rings. The van der Waals surface area contributed by atoms with Crippen molar-refractivity contribution in [1.29, 1.82) is 0 Å². The van der Waals surface area contributed by atoms with Gasteiger partial charge in [0.15, 0.2) is 5.82 Å². The zero-order valence-corrected chi connectivity index (χ0v) is 12.6. The molecule has 0 aliphatic carbocycles. The van der Waals surface area contributed by atoms with E-state index < -0.39 is 11.8 Å². The molecule has 118 valence electrons. The standard InChI is InChI=1S/C14H18N4O4/c1-9-7-12(17-22-9)16-14(20)13(19)15-8-10(18(2)3)11-5-4-6-21-11/h4-7,10H,8H2,1-3H3,(H,15,19)(H,16,17,20)/t10-/m1/s1. The number of nitrogens with one attached hydrogen (secondary N) is 2. The molecule has 0 radical (unpaired) electrons. The van der Waals surface area contributed by atoms with Crippen LogP contribution in [0.1, 0.15) is 17.6 Å². The first-order valence-electron chi connectivity index (χ1n) is 6.69. The molecule has 2 heterocycles. The van der Waals surface area contributed by atoms with Crippen molar-refractivity contribution in [1.82, 2.24) is 15.4 Å². The quantitative estimate of drug-likeness (QED) is 0.797. The maximum Gasteiger partial charge on any atom is 0.314 e. The molecule has 0 unspecified atom stereocenters. The van der Waals surface area contributed by atoms with E-state index in [2.05, 4.69) is 15.8 Å². The number of aromatic nitrogens is 1. The van der Waals surface area contributed by atoms with Gasteiger partial charge in [0, 0.05) is 12.6 Å². The van der Waals surface area contributed by atoms with Crippen LogP contribution in [0.5, 0.6) is 0 Å².